The standard InChI is InChI=1S/C8H15NO.4C2H6/c1-2-9-5-3-8(7-10)4-6-9;4*1-2/h7-8H,2-6H2,1H3;4*1-2H3. The molecule has 0 radical (unpaired) electrons. The number of carbonyl (C=O) groups is 1. The van der Waals surface area contributed by atoms with Crippen LogP contribution >= 0.6 is 0 Å². The second kappa shape index (κ2) is 30.0. The molecule has 0 spiro atoms. The zero-order valence-corrected chi connectivity index (χ0v) is 14.5. The van der Waals surface area contributed by atoms with Gasteiger partial charge < -0.3 is 9.69 Å². The predicted molar refractivity (Wildman–Crippen MR) is 86.3 cm³/mol. The molecule has 0 aromatic heterocycles. The molecule has 1 fully saturated rings. The van der Waals surface area contributed by atoms with Gasteiger partial charge >= 0.3 is 0 Å². The molecule has 0 bridgehead atoms. The normalized spacial score (nSPS) is 14.1. The molecule has 2 nitrogen and oxygen atoms in total. The van der Waals surface area contributed by atoms with Crippen molar-refractivity contribution >= 4 is 6.29 Å². The average Bonchev–Trinajstić information content (AvgIpc) is 2.55. The molecule has 0 amide bonds. The summed E-state index contributed by atoms with van der Waals surface area (Å²) in [6.45, 7) is 21.5. The highest BCUT2D eigenvalue weighted by molar-refractivity contribution is 5.53. The Morgan fingerprint density at radius 2 is 1.22 bits per heavy atom. The van der Waals surface area contributed by atoms with Crippen molar-refractivity contribution in [3.8, 4) is 0 Å². The number of nitrogens with zero attached hydrogens (tertiary/aromatic N) is 1. The molecule has 0 atom stereocenters. The summed E-state index contributed by atoms with van der Waals surface area (Å²) in [5.74, 6) is 0.350. The molecule has 2 heteroatoms. The molecule has 1 saturated heterocycles. The van der Waals surface area contributed by atoms with E-state index in [0.29, 0.717) is 5.92 Å². The molecule has 0 aliphatic carbocycles. The molecule has 18 heavy (non-hydrogen) atoms. The summed E-state index contributed by atoms with van der Waals surface area (Å²) in [6.07, 6.45) is 3.24. The molecular formula is C16H39NO. The number of hydrogen-bond acceptors (Lipinski definition) is 2. The molecule has 1 aliphatic rings. The van der Waals surface area contributed by atoms with Crippen molar-refractivity contribution in [2.45, 2.75) is 75.2 Å². The highest BCUT2D eigenvalue weighted by atomic mass is 16.1. The maximum atomic E-state index is 10.3. The third kappa shape index (κ3) is 18.0. The summed E-state index contributed by atoms with van der Waals surface area (Å²) in [5, 5.41) is 0. The van der Waals surface area contributed by atoms with Gasteiger partial charge in [0.25, 0.3) is 0 Å². The summed E-state index contributed by atoms with van der Waals surface area (Å²) >= 11 is 0. The monoisotopic (exact) mass is 261 g/mol. The van der Waals surface area contributed by atoms with Gasteiger partial charge in [-0.25, -0.2) is 0 Å². The topological polar surface area (TPSA) is 20.3 Å². The lowest BCUT2D eigenvalue weighted by Gasteiger charge is -2.27. The van der Waals surface area contributed by atoms with Crippen molar-refractivity contribution in [2.75, 3.05) is 19.6 Å². The van der Waals surface area contributed by atoms with E-state index in [1.807, 2.05) is 55.4 Å². The fourth-order valence-electron chi connectivity index (χ4n) is 1.41. The van der Waals surface area contributed by atoms with E-state index in [-0.39, 0.29) is 0 Å². The number of rotatable bonds is 2. The third-order valence-electron chi connectivity index (χ3n) is 2.27. The second-order valence-corrected chi connectivity index (χ2v) is 2.91. The Hall–Kier alpha value is -0.370. The molecule has 1 heterocycles. The number of aldehydes is 1. The van der Waals surface area contributed by atoms with E-state index in [4.69, 9.17) is 0 Å². The number of piperidine rings is 1. The minimum Gasteiger partial charge on any atom is -0.304 e. The lowest BCUT2D eigenvalue weighted by atomic mass is 9.99. The van der Waals surface area contributed by atoms with Gasteiger partial charge in [-0.3, -0.25) is 0 Å². The lowest BCUT2D eigenvalue weighted by molar-refractivity contribution is -0.112. The van der Waals surface area contributed by atoms with E-state index < -0.39 is 0 Å². The van der Waals surface area contributed by atoms with Crippen LogP contribution in [-0.2, 0) is 4.79 Å². The van der Waals surface area contributed by atoms with E-state index in [2.05, 4.69) is 11.8 Å². The van der Waals surface area contributed by atoms with Gasteiger partial charge in [-0.15, -0.1) is 0 Å². The third-order valence-corrected chi connectivity index (χ3v) is 2.27. The number of hydrogen-bond donors (Lipinski definition) is 0. The van der Waals surface area contributed by atoms with Gasteiger partial charge in [-0.2, -0.15) is 0 Å². The largest absolute Gasteiger partial charge is 0.304 e. The Labute approximate surface area is 117 Å². The van der Waals surface area contributed by atoms with Crippen LogP contribution < -0.4 is 0 Å². The van der Waals surface area contributed by atoms with Crippen LogP contribution in [0.3, 0.4) is 0 Å². The van der Waals surface area contributed by atoms with Crippen LogP contribution in [0.5, 0.6) is 0 Å². The van der Waals surface area contributed by atoms with Gasteiger partial charge in [0.1, 0.15) is 6.29 Å². The van der Waals surface area contributed by atoms with Crippen LogP contribution in [0.15, 0.2) is 0 Å². The molecule has 1 rings (SSSR count). The highest BCUT2D eigenvalue weighted by Gasteiger charge is 2.16. The van der Waals surface area contributed by atoms with Gasteiger partial charge in [0.05, 0.1) is 0 Å². The first-order valence-electron chi connectivity index (χ1n) is 8.04. The van der Waals surface area contributed by atoms with Gasteiger partial charge in [-0.1, -0.05) is 62.3 Å². The molecule has 0 saturated carbocycles. The van der Waals surface area contributed by atoms with Crippen LogP contribution in [0, 0.1) is 5.92 Å². The summed E-state index contributed by atoms with van der Waals surface area (Å²) in [5.41, 5.74) is 0. The van der Waals surface area contributed by atoms with Crippen molar-refractivity contribution in [2.24, 2.45) is 5.92 Å². The van der Waals surface area contributed by atoms with Gasteiger partial charge in [0.2, 0.25) is 0 Å². The summed E-state index contributed by atoms with van der Waals surface area (Å²) in [7, 11) is 0. The van der Waals surface area contributed by atoms with Crippen LogP contribution in [0.25, 0.3) is 0 Å². The summed E-state index contributed by atoms with van der Waals surface area (Å²) in [6, 6.07) is 0. The maximum Gasteiger partial charge on any atom is 0.123 e. The van der Waals surface area contributed by atoms with Gasteiger partial charge in [0, 0.05) is 5.92 Å². The zero-order chi connectivity index (χ0) is 15.4. The van der Waals surface area contributed by atoms with Crippen molar-refractivity contribution in [1.29, 1.82) is 0 Å². The summed E-state index contributed by atoms with van der Waals surface area (Å²) in [4.78, 5) is 12.7. The Bertz CT molecular complexity index is 108. The highest BCUT2D eigenvalue weighted by Crippen LogP contribution is 2.13. The van der Waals surface area contributed by atoms with E-state index in [0.717, 1.165) is 38.8 Å². The molecule has 0 unspecified atom stereocenters. The van der Waals surface area contributed by atoms with Crippen molar-refractivity contribution < 1.29 is 4.79 Å². The maximum absolute atomic E-state index is 10.3. The molecular weight excluding hydrogens is 222 g/mol. The second-order valence-electron chi connectivity index (χ2n) is 2.91. The van der Waals surface area contributed by atoms with Crippen LogP contribution in [0.2, 0.25) is 0 Å². The predicted octanol–water partition coefficient (Wildman–Crippen LogP) is 5.02. The SMILES string of the molecule is CC.CC.CC.CC.CCN1CCC(C=O)CC1. The first-order chi connectivity index (χ1) is 8.86. The summed E-state index contributed by atoms with van der Waals surface area (Å²) < 4.78 is 0. The minimum absolute atomic E-state index is 0.350. The fraction of sp³-hybridized carbons (Fsp3) is 0.938. The number of carbonyl (C=O) groups excluding carboxylic acids is 1. The minimum atomic E-state index is 0.350. The van der Waals surface area contributed by atoms with E-state index in [1.54, 1.807) is 0 Å². The fourth-order valence-corrected chi connectivity index (χ4v) is 1.41. The molecule has 0 aromatic rings. The van der Waals surface area contributed by atoms with Gasteiger partial charge in [0.15, 0.2) is 0 Å². The van der Waals surface area contributed by atoms with Crippen molar-refractivity contribution in [3.05, 3.63) is 0 Å². The molecule has 1 aliphatic heterocycles. The Kier molecular flexibility index (Phi) is 43.8. The van der Waals surface area contributed by atoms with Crippen LogP contribution in [0.4, 0.5) is 0 Å². The van der Waals surface area contributed by atoms with Crippen LogP contribution in [0.1, 0.15) is 75.2 Å². The number of likely N-dealkylation sites (tertiary alicyclic amines) is 1. The van der Waals surface area contributed by atoms with E-state index in [9.17, 15) is 4.79 Å². The molecule has 114 valence electrons. The first kappa shape index (κ1) is 26.2. The smallest absolute Gasteiger partial charge is 0.123 e. The quantitative estimate of drug-likeness (QED) is 0.650. The lowest BCUT2D eigenvalue weighted by Crippen LogP contribution is -2.33. The van der Waals surface area contributed by atoms with Crippen molar-refractivity contribution in [1.82, 2.24) is 4.90 Å². The van der Waals surface area contributed by atoms with Crippen LogP contribution in [-0.4, -0.2) is 30.8 Å². The Morgan fingerprint density at radius 3 is 1.44 bits per heavy atom. The first-order valence-corrected chi connectivity index (χ1v) is 8.04. The van der Waals surface area contributed by atoms with E-state index >= 15 is 0 Å². The molecule has 0 N–H and O–H groups in total. The van der Waals surface area contributed by atoms with Gasteiger partial charge in [-0.05, 0) is 32.5 Å². The van der Waals surface area contributed by atoms with Crippen molar-refractivity contribution in [3.63, 3.8) is 0 Å². The van der Waals surface area contributed by atoms with E-state index in [1.165, 1.54) is 0 Å². The average molecular weight is 261 g/mol. The molecule has 0 aromatic carbocycles. The zero-order valence-electron chi connectivity index (χ0n) is 14.5. The Morgan fingerprint density at radius 1 is 0.889 bits per heavy atom. The Balaban J connectivity index is -0.000000105.